The van der Waals surface area contributed by atoms with Gasteiger partial charge in [-0.3, -0.25) is 4.98 Å². The molecule has 1 aromatic heterocycles. The first kappa shape index (κ1) is 12.9. The molecule has 1 aliphatic carbocycles. The van der Waals surface area contributed by atoms with Gasteiger partial charge in [0.2, 0.25) is 0 Å². The minimum absolute atomic E-state index is 0.131. The number of hydrogen-bond donors (Lipinski definition) is 2. The number of nitrogens with zero attached hydrogens (tertiary/aromatic N) is 1. The van der Waals surface area contributed by atoms with Crippen molar-refractivity contribution in [2.45, 2.75) is 39.2 Å². The van der Waals surface area contributed by atoms with Crippen LogP contribution in [-0.4, -0.2) is 17.1 Å². The van der Waals surface area contributed by atoms with Crippen LogP contribution in [0.15, 0.2) is 24.5 Å². The van der Waals surface area contributed by atoms with Crippen LogP contribution in [0.2, 0.25) is 0 Å². The lowest BCUT2D eigenvalue weighted by atomic mass is 9.78. The van der Waals surface area contributed by atoms with Crippen molar-refractivity contribution in [3.05, 3.63) is 24.5 Å². The highest BCUT2D eigenvalue weighted by atomic mass is 16.2. The van der Waals surface area contributed by atoms with E-state index < -0.39 is 0 Å². The normalized spacial score (nSPS) is 27.6. The Morgan fingerprint density at radius 3 is 2.94 bits per heavy atom. The Labute approximate surface area is 108 Å². The van der Waals surface area contributed by atoms with Gasteiger partial charge in [-0.1, -0.05) is 26.7 Å². The van der Waals surface area contributed by atoms with Crippen molar-refractivity contribution in [1.82, 2.24) is 10.3 Å². The fourth-order valence-corrected chi connectivity index (χ4v) is 2.56. The number of carbonyl (C=O) groups excluding carboxylic acids is 1. The molecule has 0 aromatic carbocycles. The maximum absolute atomic E-state index is 11.9. The minimum atomic E-state index is -0.131. The summed E-state index contributed by atoms with van der Waals surface area (Å²) in [5.41, 5.74) is 0.728. The first-order valence-electron chi connectivity index (χ1n) is 6.64. The molecule has 4 heteroatoms. The van der Waals surface area contributed by atoms with Crippen molar-refractivity contribution < 1.29 is 4.79 Å². The summed E-state index contributed by atoms with van der Waals surface area (Å²) < 4.78 is 0. The summed E-state index contributed by atoms with van der Waals surface area (Å²) in [5.74, 6) is 1.22. The quantitative estimate of drug-likeness (QED) is 0.844. The summed E-state index contributed by atoms with van der Waals surface area (Å²) in [5, 5.41) is 5.88. The van der Waals surface area contributed by atoms with E-state index in [-0.39, 0.29) is 12.1 Å². The molecule has 1 aliphatic rings. The van der Waals surface area contributed by atoms with Crippen LogP contribution in [0.5, 0.6) is 0 Å². The van der Waals surface area contributed by atoms with E-state index in [1.165, 1.54) is 12.8 Å². The van der Waals surface area contributed by atoms with Gasteiger partial charge in [0.1, 0.15) is 0 Å². The molecular formula is C14H21N3O. The van der Waals surface area contributed by atoms with E-state index in [1.807, 2.05) is 6.07 Å². The number of hydrogen-bond acceptors (Lipinski definition) is 2. The predicted molar refractivity (Wildman–Crippen MR) is 72.4 cm³/mol. The second-order valence-electron chi connectivity index (χ2n) is 5.21. The van der Waals surface area contributed by atoms with E-state index in [1.54, 1.807) is 18.5 Å². The van der Waals surface area contributed by atoms with E-state index in [0.29, 0.717) is 11.8 Å². The fourth-order valence-electron chi connectivity index (χ4n) is 2.56. The Morgan fingerprint density at radius 1 is 1.39 bits per heavy atom. The van der Waals surface area contributed by atoms with Gasteiger partial charge >= 0.3 is 6.03 Å². The Bertz CT molecular complexity index is 393. The average Bonchev–Trinajstić information content (AvgIpc) is 2.36. The van der Waals surface area contributed by atoms with Gasteiger partial charge in [-0.15, -0.1) is 0 Å². The third-order valence-corrected chi connectivity index (χ3v) is 3.94. The van der Waals surface area contributed by atoms with Crippen LogP contribution in [0.4, 0.5) is 10.5 Å². The second kappa shape index (κ2) is 5.85. The SMILES string of the molecule is CC1CCCC(NC(=O)Nc2cccnc2)C1C. The smallest absolute Gasteiger partial charge is 0.319 e. The zero-order chi connectivity index (χ0) is 13.0. The van der Waals surface area contributed by atoms with Crippen LogP contribution in [0, 0.1) is 11.8 Å². The van der Waals surface area contributed by atoms with E-state index in [2.05, 4.69) is 29.5 Å². The Kier molecular flexibility index (Phi) is 4.18. The second-order valence-corrected chi connectivity index (χ2v) is 5.21. The summed E-state index contributed by atoms with van der Waals surface area (Å²) >= 11 is 0. The molecule has 2 amide bonds. The highest BCUT2D eigenvalue weighted by Gasteiger charge is 2.27. The molecule has 0 spiro atoms. The van der Waals surface area contributed by atoms with E-state index >= 15 is 0 Å². The van der Waals surface area contributed by atoms with E-state index in [0.717, 1.165) is 12.1 Å². The van der Waals surface area contributed by atoms with Crippen LogP contribution in [0.3, 0.4) is 0 Å². The zero-order valence-electron chi connectivity index (χ0n) is 11.0. The van der Waals surface area contributed by atoms with E-state index in [9.17, 15) is 4.79 Å². The molecule has 1 heterocycles. The largest absolute Gasteiger partial charge is 0.335 e. The van der Waals surface area contributed by atoms with Crippen LogP contribution < -0.4 is 10.6 Å². The molecule has 0 saturated heterocycles. The Morgan fingerprint density at radius 2 is 2.22 bits per heavy atom. The first-order chi connectivity index (χ1) is 8.66. The Hall–Kier alpha value is -1.58. The van der Waals surface area contributed by atoms with Gasteiger partial charge < -0.3 is 10.6 Å². The van der Waals surface area contributed by atoms with Crippen LogP contribution in [0.1, 0.15) is 33.1 Å². The topological polar surface area (TPSA) is 54.0 Å². The summed E-state index contributed by atoms with van der Waals surface area (Å²) in [4.78, 5) is 15.9. The van der Waals surface area contributed by atoms with Gasteiger partial charge in [-0.25, -0.2) is 4.79 Å². The van der Waals surface area contributed by atoms with Crippen molar-refractivity contribution in [3.63, 3.8) is 0 Å². The maximum Gasteiger partial charge on any atom is 0.319 e. The number of nitrogens with one attached hydrogen (secondary N) is 2. The van der Waals surface area contributed by atoms with Gasteiger partial charge in [-0.05, 0) is 30.4 Å². The number of urea groups is 1. The van der Waals surface area contributed by atoms with Gasteiger partial charge in [0, 0.05) is 12.2 Å². The molecular weight excluding hydrogens is 226 g/mol. The minimum Gasteiger partial charge on any atom is -0.335 e. The number of aromatic nitrogens is 1. The summed E-state index contributed by atoms with van der Waals surface area (Å²) in [7, 11) is 0. The van der Waals surface area contributed by atoms with Crippen molar-refractivity contribution >= 4 is 11.7 Å². The van der Waals surface area contributed by atoms with Crippen molar-refractivity contribution in [2.24, 2.45) is 11.8 Å². The molecule has 2 N–H and O–H groups in total. The number of amides is 2. The lowest BCUT2D eigenvalue weighted by molar-refractivity contribution is 0.201. The van der Waals surface area contributed by atoms with Gasteiger partial charge in [0.05, 0.1) is 11.9 Å². The molecule has 18 heavy (non-hydrogen) atoms. The maximum atomic E-state index is 11.9. The van der Waals surface area contributed by atoms with Gasteiger partial charge in [-0.2, -0.15) is 0 Å². The molecule has 1 fully saturated rings. The molecule has 98 valence electrons. The molecule has 3 unspecified atom stereocenters. The number of carbonyl (C=O) groups is 1. The Balaban J connectivity index is 1.87. The number of anilines is 1. The van der Waals surface area contributed by atoms with Crippen molar-refractivity contribution in [1.29, 1.82) is 0 Å². The van der Waals surface area contributed by atoms with Gasteiger partial charge in [0.25, 0.3) is 0 Å². The molecule has 1 saturated carbocycles. The van der Waals surface area contributed by atoms with Crippen LogP contribution >= 0.6 is 0 Å². The monoisotopic (exact) mass is 247 g/mol. The molecule has 1 aromatic rings. The lowest BCUT2D eigenvalue weighted by Crippen LogP contribution is -2.45. The molecule has 0 aliphatic heterocycles. The average molecular weight is 247 g/mol. The fraction of sp³-hybridized carbons (Fsp3) is 0.571. The first-order valence-corrected chi connectivity index (χ1v) is 6.64. The van der Waals surface area contributed by atoms with Crippen molar-refractivity contribution in [3.8, 4) is 0 Å². The summed E-state index contributed by atoms with van der Waals surface area (Å²) in [6.45, 7) is 4.48. The molecule has 0 bridgehead atoms. The van der Waals surface area contributed by atoms with E-state index in [4.69, 9.17) is 0 Å². The third-order valence-electron chi connectivity index (χ3n) is 3.94. The van der Waals surface area contributed by atoms with Crippen LogP contribution in [0.25, 0.3) is 0 Å². The predicted octanol–water partition coefficient (Wildman–Crippen LogP) is 3.03. The zero-order valence-corrected chi connectivity index (χ0v) is 11.0. The molecule has 4 nitrogen and oxygen atoms in total. The number of pyridine rings is 1. The van der Waals surface area contributed by atoms with Crippen LogP contribution in [-0.2, 0) is 0 Å². The molecule has 0 radical (unpaired) electrons. The molecule has 3 atom stereocenters. The third kappa shape index (κ3) is 3.22. The number of rotatable bonds is 2. The van der Waals surface area contributed by atoms with Crippen molar-refractivity contribution in [2.75, 3.05) is 5.32 Å². The highest BCUT2D eigenvalue weighted by Crippen LogP contribution is 2.29. The molecule has 2 rings (SSSR count). The van der Waals surface area contributed by atoms with Gasteiger partial charge in [0.15, 0.2) is 0 Å². The lowest BCUT2D eigenvalue weighted by Gasteiger charge is -2.34. The summed E-state index contributed by atoms with van der Waals surface area (Å²) in [6, 6.07) is 3.79. The highest BCUT2D eigenvalue weighted by molar-refractivity contribution is 5.89. The standard InChI is InChI=1S/C14H21N3O/c1-10-5-3-7-13(11(10)2)17-14(18)16-12-6-4-8-15-9-12/h4,6,8-11,13H,3,5,7H2,1-2H3,(H2,16,17,18). The summed E-state index contributed by atoms with van der Waals surface area (Å²) in [6.07, 6.45) is 6.87.